The number of hydrogen-bond acceptors (Lipinski definition) is 4. The number of carbonyl (C=O) groups is 3. The fourth-order valence-corrected chi connectivity index (χ4v) is 3.09. The van der Waals surface area contributed by atoms with Gasteiger partial charge in [0.2, 0.25) is 11.8 Å². The van der Waals surface area contributed by atoms with Gasteiger partial charge < -0.3 is 10.0 Å². The van der Waals surface area contributed by atoms with Gasteiger partial charge in [-0.2, -0.15) is 0 Å². The van der Waals surface area contributed by atoms with Gasteiger partial charge in [-0.25, -0.2) is 0 Å². The minimum Gasteiger partial charge on any atom is -0.508 e. The second kappa shape index (κ2) is 4.58. The van der Waals surface area contributed by atoms with Crippen LogP contribution in [0.4, 0.5) is 0 Å². The Bertz CT molecular complexity index is 631. The normalized spacial score (nSPS) is 24.7. The molecule has 2 saturated heterocycles. The molecule has 0 aromatic heterocycles. The van der Waals surface area contributed by atoms with Crippen molar-refractivity contribution in [2.24, 2.45) is 11.8 Å². The van der Waals surface area contributed by atoms with Crippen molar-refractivity contribution in [1.82, 2.24) is 9.80 Å². The number of amides is 3. The predicted octanol–water partition coefficient (Wildman–Crippen LogP) is 0.387. The van der Waals surface area contributed by atoms with Gasteiger partial charge in [-0.05, 0) is 24.6 Å². The summed E-state index contributed by atoms with van der Waals surface area (Å²) >= 11 is 0. The molecule has 2 atom stereocenters. The van der Waals surface area contributed by atoms with Gasteiger partial charge in [-0.15, -0.1) is 0 Å². The number of phenolic OH excluding ortho intramolecular Hbond substituents is 1. The lowest BCUT2D eigenvalue weighted by molar-refractivity contribution is -0.138. The first-order chi connectivity index (χ1) is 9.90. The number of fused-ring (bicyclic) bond motifs is 1. The molecule has 0 unspecified atom stereocenters. The average Bonchev–Trinajstić information content (AvgIpc) is 2.98. The Morgan fingerprint density at radius 3 is 2.33 bits per heavy atom. The lowest BCUT2D eigenvalue weighted by atomic mass is 10.00. The minimum atomic E-state index is -0.427. The van der Waals surface area contributed by atoms with Crippen LogP contribution in [0, 0.1) is 18.8 Å². The van der Waals surface area contributed by atoms with Crippen molar-refractivity contribution in [1.29, 1.82) is 0 Å². The molecule has 21 heavy (non-hydrogen) atoms. The monoisotopic (exact) mass is 288 g/mol. The molecule has 1 N–H and O–H groups in total. The highest BCUT2D eigenvalue weighted by Crippen LogP contribution is 2.33. The van der Waals surface area contributed by atoms with E-state index in [4.69, 9.17) is 0 Å². The SMILES string of the molecule is Cc1ccc(O)cc1C(=O)N1C[C@@H]2C(=O)N(C)C(=O)[C@@H]2C1. The second-order valence-corrected chi connectivity index (χ2v) is 5.66. The van der Waals surface area contributed by atoms with Crippen LogP contribution in [0.25, 0.3) is 0 Å². The molecule has 2 heterocycles. The quantitative estimate of drug-likeness (QED) is 0.758. The first-order valence-electron chi connectivity index (χ1n) is 6.80. The van der Waals surface area contributed by atoms with Crippen LogP contribution in [0.3, 0.4) is 0 Å². The molecule has 1 aromatic rings. The molecule has 0 saturated carbocycles. The predicted molar refractivity (Wildman–Crippen MR) is 73.5 cm³/mol. The van der Waals surface area contributed by atoms with Crippen LogP contribution >= 0.6 is 0 Å². The van der Waals surface area contributed by atoms with E-state index < -0.39 is 11.8 Å². The maximum absolute atomic E-state index is 12.5. The zero-order chi connectivity index (χ0) is 15.3. The number of imide groups is 1. The Hall–Kier alpha value is -2.37. The average molecular weight is 288 g/mol. The molecule has 0 aliphatic carbocycles. The number of aryl methyl sites for hydroxylation is 1. The summed E-state index contributed by atoms with van der Waals surface area (Å²) in [5, 5.41) is 9.52. The van der Waals surface area contributed by atoms with E-state index in [1.165, 1.54) is 24.1 Å². The number of aromatic hydroxyl groups is 1. The van der Waals surface area contributed by atoms with Crippen molar-refractivity contribution in [2.45, 2.75) is 6.92 Å². The Morgan fingerprint density at radius 1 is 1.19 bits per heavy atom. The number of likely N-dealkylation sites (tertiary alicyclic amines) is 2. The largest absolute Gasteiger partial charge is 0.508 e. The van der Waals surface area contributed by atoms with Crippen LogP contribution in [-0.4, -0.2) is 52.8 Å². The number of benzene rings is 1. The van der Waals surface area contributed by atoms with Crippen LogP contribution in [0.5, 0.6) is 5.75 Å². The van der Waals surface area contributed by atoms with Gasteiger partial charge in [-0.3, -0.25) is 19.3 Å². The van der Waals surface area contributed by atoms with Gasteiger partial charge in [0.1, 0.15) is 5.75 Å². The van der Waals surface area contributed by atoms with Crippen molar-refractivity contribution in [2.75, 3.05) is 20.1 Å². The van der Waals surface area contributed by atoms with Crippen LogP contribution < -0.4 is 0 Å². The Morgan fingerprint density at radius 2 is 1.76 bits per heavy atom. The maximum atomic E-state index is 12.5. The minimum absolute atomic E-state index is 0.0234. The molecule has 6 heteroatoms. The summed E-state index contributed by atoms with van der Waals surface area (Å²) in [7, 11) is 1.48. The molecule has 0 bridgehead atoms. The van der Waals surface area contributed by atoms with Crippen LogP contribution in [0.15, 0.2) is 18.2 Å². The van der Waals surface area contributed by atoms with Crippen LogP contribution in [0.2, 0.25) is 0 Å². The van der Waals surface area contributed by atoms with E-state index in [0.717, 1.165) is 10.5 Å². The fraction of sp³-hybridized carbons (Fsp3) is 0.400. The Labute approximate surface area is 122 Å². The van der Waals surface area contributed by atoms with Crippen LogP contribution in [0.1, 0.15) is 15.9 Å². The molecular formula is C15H16N2O4. The summed E-state index contributed by atoms with van der Waals surface area (Å²) in [6, 6.07) is 4.61. The Kier molecular flexibility index (Phi) is 2.97. The summed E-state index contributed by atoms with van der Waals surface area (Å²) in [5.41, 5.74) is 1.16. The van der Waals surface area contributed by atoms with Crippen molar-refractivity contribution in [3.05, 3.63) is 29.3 Å². The maximum Gasteiger partial charge on any atom is 0.254 e. The molecular weight excluding hydrogens is 272 g/mol. The van der Waals surface area contributed by atoms with Crippen molar-refractivity contribution in [3.8, 4) is 5.75 Å². The van der Waals surface area contributed by atoms with Crippen molar-refractivity contribution < 1.29 is 19.5 Å². The lowest BCUT2D eigenvalue weighted by Crippen LogP contribution is -2.36. The number of hydrogen-bond donors (Lipinski definition) is 1. The summed E-state index contributed by atoms with van der Waals surface area (Å²) in [5.74, 6) is -1.51. The molecule has 0 radical (unpaired) electrons. The highest BCUT2D eigenvalue weighted by atomic mass is 16.3. The highest BCUT2D eigenvalue weighted by Gasteiger charge is 2.52. The number of nitrogens with zero attached hydrogens (tertiary/aromatic N) is 2. The van der Waals surface area contributed by atoms with Gasteiger partial charge in [0, 0.05) is 25.7 Å². The zero-order valence-electron chi connectivity index (χ0n) is 11.9. The molecule has 2 aliphatic heterocycles. The fourth-order valence-electron chi connectivity index (χ4n) is 3.09. The molecule has 2 aliphatic rings. The summed E-state index contributed by atoms with van der Waals surface area (Å²) in [6.07, 6.45) is 0. The number of carbonyl (C=O) groups excluding carboxylic acids is 3. The standard InChI is InChI=1S/C15H16N2O4/c1-8-3-4-9(18)5-10(8)15(21)17-6-11-12(7-17)14(20)16(2)13(11)19/h3-5,11-12,18H,6-7H2,1-2H3/t11-,12+. The van der Waals surface area contributed by atoms with Crippen LogP contribution in [-0.2, 0) is 9.59 Å². The first-order valence-corrected chi connectivity index (χ1v) is 6.80. The molecule has 1 aromatic carbocycles. The van der Waals surface area contributed by atoms with E-state index in [-0.39, 0.29) is 36.6 Å². The third kappa shape index (κ3) is 1.98. The highest BCUT2D eigenvalue weighted by molar-refractivity contribution is 6.06. The number of phenols is 1. The second-order valence-electron chi connectivity index (χ2n) is 5.66. The topological polar surface area (TPSA) is 77.9 Å². The third-order valence-electron chi connectivity index (χ3n) is 4.35. The van der Waals surface area contributed by atoms with Crippen molar-refractivity contribution >= 4 is 17.7 Å². The first kappa shape index (κ1) is 13.6. The van der Waals surface area contributed by atoms with Crippen molar-refractivity contribution in [3.63, 3.8) is 0 Å². The molecule has 2 fully saturated rings. The van der Waals surface area contributed by atoms with E-state index >= 15 is 0 Å². The van der Waals surface area contributed by atoms with Gasteiger partial charge in [-0.1, -0.05) is 6.07 Å². The van der Waals surface area contributed by atoms with E-state index in [2.05, 4.69) is 0 Å². The summed E-state index contributed by atoms with van der Waals surface area (Å²) in [6.45, 7) is 2.30. The lowest BCUT2D eigenvalue weighted by Gasteiger charge is -2.20. The van der Waals surface area contributed by atoms with E-state index in [1.807, 2.05) is 0 Å². The molecule has 6 nitrogen and oxygen atoms in total. The van der Waals surface area contributed by atoms with Gasteiger partial charge in [0.15, 0.2) is 0 Å². The molecule has 110 valence electrons. The van der Waals surface area contributed by atoms with Gasteiger partial charge in [0.05, 0.1) is 11.8 Å². The Balaban J connectivity index is 1.84. The zero-order valence-corrected chi connectivity index (χ0v) is 11.9. The van der Waals surface area contributed by atoms with Gasteiger partial charge >= 0.3 is 0 Å². The summed E-state index contributed by atoms with van der Waals surface area (Å²) in [4.78, 5) is 39.1. The summed E-state index contributed by atoms with van der Waals surface area (Å²) < 4.78 is 0. The van der Waals surface area contributed by atoms with E-state index in [0.29, 0.717) is 5.56 Å². The van der Waals surface area contributed by atoms with Gasteiger partial charge in [0.25, 0.3) is 5.91 Å². The smallest absolute Gasteiger partial charge is 0.254 e. The third-order valence-corrected chi connectivity index (χ3v) is 4.35. The number of rotatable bonds is 1. The molecule has 0 spiro atoms. The molecule has 3 amide bonds. The van der Waals surface area contributed by atoms with E-state index in [1.54, 1.807) is 13.0 Å². The molecule has 3 rings (SSSR count). The van der Waals surface area contributed by atoms with E-state index in [9.17, 15) is 19.5 Å².